The zero-order valence-electron chi connectivity index (χ0n) is 10.5. The SMILES string of the molecule is C=C(C(N)=O)C(CC)N(C)C.COS(=O)(=O)O. The molecule has 0 aliphatic carbocycles. The van der Waals surface area contributed by atoms with E-state index in [2.05, 4.69) is 10.8 Å². The van der Waals surface area contributed by atoms with Crippen molar-refractivity contribution in [1.82, 2.24) is 4.90 Å². The summed E-state index contributed by atoms with van der Waals surface area (Å²) in [7, 11) is 0.518. The highest BCUT2D eigenvalue weighted by molar-refractivity contribution is 7.80. The fourth-order valence-corrected chi connectivity index (χ4v) is 1.09. The summed E-state index contributed by atoms with van der Waals surface area (Å²) in [5.74, 6) is -0.412. The molecule has 8 heteroatoms. The van der Waals surface area contributed by atoms with Gasteiger partial charge in [-0.1, -0.05) is 13.5 Å². The smallest absolute Gasteiger partial charge is 0.366 e. The van der Waals surface area contributed by atoms with E-state index < -0.39 is 16.3 Å². The topological polar surface area (TPSA) is 110 Å². The summed E-state index contributed by atoms with van der Waals surface area (Å²) < 4.78 is 29.7. The number of hydrogen-bond donors (Lipinski definition) is 2. The fraction of sp³-hybridized carbons (Fsp3) is 0.667. The summed E-state index contributed by atoms with van der Waals surface area (Å²) in [4.78, 5) is 12.6. The van der Waals surface area contributed by atoms with E-state index in [1.165, 1.54) is 0 Å². The van der Waals surface area contributed by atoms with Gasteiger partial charge in [0.15, 0.2) is 0 Å². The number of nitrogens with zero attached hydrogens (tertiary/aromatic N) is 1. The molecule has 17 heavy (non-hydrogen) atoms. The number of hydrogen-bond acceptors (Lipinski definition) is 5. The zero-order valence-corrected chi connectivity index (χ0v) is 11.3. The Morgan fingerprint density at radius 3 is 1.94 bits per heavy atom. The summed E-state index contributed by atoms with van der Waals surface area (Å²) in [5.41, 5.74) is 5.57. The summed E-state index contributed by atoms with van der Waals surface area (Å²) in [6, 6.07) is 0.0764. The first kappa shape index (κ1) is 18.4. The predicted molar refractivity (Wildman–Crippen MR) is 64.7 cm³/mol. The molecule has 0 aliphatic heterocycles. The molecule has 0 fully saturated rings. The minimum atomic E-state index is -4.16. The number of carbonyl (C=O) groups is 1. The van der Waals surface area contributed by atoms with Crippen LogP contribution in [0.1, 0.15) is 13.3 Å². The normalized spacial score (nSPS) is 12.6. The Kier molecular flexibility index (Phi) is 8.85. The lowest BCUT2D eigenvalue weighted by molar-refractivity contribution is -0.115. The summed E-state index contributed by atoms with van der Waals surface area (Å²) in [5, 5.41) is 0. The Balaban J connectivity index is 0. The van der Waals surface area contributed by atoms with Crippen LogP contribution in [0.15, 0.2) is 12.2 Å². The van der Waals surface area contributed by atoms with E-state index in [9.17, 15) is 13.2 Å². The van der Waals surface area contributed by atoms with Crippen LogP contribution in [0.5, 0.6) is 0 Å². The third-order valence-corrected chi connectivity index (χ3v) is 2.36. The summed E-state index contributed by atoms with van der Waals surface area (Å²) >= 11 is 0. The van der Waals surface area contributed by atoms with Gasteiger partial charge in [0.25, 0.3) is 0 Å². The van der Waals surface area contributed by atoms with Crippen LogP contribution in [0.3, 0.4) is 0 Å². The maximum atomic E-state index is 10.7. The van der Waals surface area contributed by atoms with Gasteiger partial charge in [0, 0.05) is 11.6 Å². The largest absolute Gasteiger partial charge is 0.397 e. The lowest BCUT2D eigenvalue weighted by Gasteiger charge is -2.22. The molecule has 0 radical (unpaired) electrons. The highest BCUT2D eigenvalue weighted by Crippen LogP contribution is 2.08. The number of likely N-dealkylation sites (N-methyl/N-ethyl adjacent to an activating group) is 1. The van der Waals surface area contributed by atoms with Crippen molar-refractivity contribution in [2.24, 2.45) is 5.73 Å². The van der Waals surface area contributed by atoms with Crippen molar-refractivity contribution >= 4 is 16.3 Å². The number of amides is 1. The minimum Gasteiger partial charge on any atom is -0.366 e. The quantitative estimate of drug-likeness (QED) is 0.528. The Morgan fingerprint density at radius 1 is 1.53 bits per heavy atom. The van der Waals surface area contributed by atoms with Crippen molar-refractivity contribution in [3.05, 3.63) is 12.2 Å². The van der Waals surface area contributed by atoms with Crippen LogP contribution in [-0.4, -0.2) is 51.0 Å². The van der Waals surface area contributed by atoms with Crippen molar-refractivity contribution in [3.63, 3.8) is 0 Å². The standard InChI is InChI=1S/C8H16N2O.CH4O4S/c1-5-7(10(3)4)6(2)8(9)11;1-5-6(2,3)4/h7H,2,5H2,1,3-4H3,(H2,9,11);1H3,(H,2,3,4). The molecule has 0 spiro atoms. The number of rotatable bonds is 5. The molecule has 1 atom stereocenters. The molecule has 0 aromatic carbocycles. The highest BCUT2D eigenvalue weighted by atomic mass is 32.3. The van der Waals surface area contributed by atoms with Gasteiger partial charge in [-0.05, 0) is 20.5 Å². The van der Waals surface area contributed by atoms with Gasteiger partial charge in [0.05, 0.1) is 7.11 Å². The molecule has 3 N–H and O–H groups in total. The first-order valence-electron chi connectivity index (χ1n) is 4.74. The molecular weight excluding hydrogens is 248 g/mol. The second-order valence-corrected chi connectivity index (χ2v) is 4.56. The van der Waals surface area contributed by atoms with E-state index in [-0.39, 0.29) is 6.04 Å². The van der Waals surface area contributed by atoms with Crippen molar-refractivity contribution in [2.45, 2.75) is 19.4 Å². The Labute approximate surface area is 102 Å². The first-order valence-corrected chi connectivity index (χ1v) is 6.11. The van der Waals surface area contributed by atoms with Gasteiger partial charge in [-0.3, -0.25) is 13.5 Å². The Hall–Kier alpha value is -0.960. The monoisotopic (exact) mass is 268 g/mol. The third kappa shape index (κ3) is 9.94. The van der Waals surface area contributed by atoms with Crippen molar-refractivity contribution in [3.8, 4) is 0 Å². The second kappa shape index (κ2) is 8.18. The summed E-state index contributed by atoms with van der Waals surface area (Å²) in [6.07, 6.45) is 0.856. The maximum Gasteiger partial charge on any atom is 0.397 e. The zero-order chi connectivity index (χ0) is 14.2. The lowest BCUT2D eigenvalue weighted by atomic mass is 10.1. The van der Waals surface area contributed by atoms with Crippen molar-refractivity contribution < 1.29 is 21.9 Å². The van der Waals surface area contributed by atoms with E-state index in [0.29, 0.717) is 5.57 Å². The molecular formula is C9H20N2O5S. The van der Waals surface area contributed by atoms with Gasteiger partial charge in [0.1, 0.15) is 0 Å². The molecule has 0 saturated heterocycles. The van der Waals surface area contributed by atoms with E-state index >= 15 is 0 Å². The van der Waals surface area contributed by atoms with Crippen LogP contribution in [0.4, 0.5) is 0 Å². The molecule has 1 unspecified atom stereocenters. The van der Waals surface area contributed by atoms with E-state index in [1.807, 2.05) is 25.9 Å². The van der Waals surface area contributed by atoms with Gasteiger partial charge in [-0.2, -0.15) is 8.42 Å². The maximum absolute atomic E-state index is 10.7. The molecule has 0 rings (SSSR count). The number of nitrogens with two attached hydrogens (primary N) is 1. The van der Waals surface area contributed by atoms with Gasteiger partial charge in [0.2, 0.25) is 5.91 Å². The fourth-order valence-electron chi connectivity index (χ4n) is 1.09. The minimum absolute atomic E-state index is 0.0764. The van der Waals surface area contributed by atoms with E-state index in [0.717, 1.165) is 13.5 Å². The molecule has 0 aromatic heterocycles. The lowest BCUT2D eigenvalue weighted by Crippen LogP contribution is -2.34. The molecule has 0 heterocycles. The van der Waals surface area contributed by atoms with Gasteiger partial charge < -0.3 is 10.6 Å². The summed E-state index contributed by atoms with van der Waals surface area (Å²) in [6.45, 7) is 5.63. The average molecular weight is 268 g/mol. The highest BCUT2D eigenvalue weighted by Gasteiger charge is 2.16. The van der Waals surface area contributed by atoms with Crippen LogP contribution in [0.25, 0.3) is 0 Å². The molecule has 0 aliphatic rings. The van der Waals surface area contributed by atoms with Crippen LogP contribution >= 0.6 is 0 Å². The molecule has 0 bridgehead atoms. The predicted octanol–water partition coefficient (Wildman–Crippen LogP) is -0.196. The van der Waals surface area contributed by atoms with Gasteiger partial charge in [-0.15, -0.1) is 0 Å². The number of carbonyl (C=O) groups excluding carboxylic acids is 1. The Bertz CT molecular complexity index is 350. The van der Waals surface area contributed by atoms with Gasteiger partial charge in [-0.25, -0.2) is 0 Å². The second-order valence-electron chi connectivity index (χ2n) is 3.37. The van der Waals surface area contributed by atoms with E-state index in [4.69, 9.17) is 10.3 Å². The molecule has 0 aromatic rings. The van der Waals surface area contributed by atoms with Gasteiger partial charge >= 0.3 is 10.4 Å². The Morgan fingerprint density at radius 2 is 1.88 bits per heavy atom. The van der Waals surface area contributed by atoms with Crippen LogP contribution in [0, 0.1) is 0 Å². The van der Waals surface area contributed by atoms with Crippen LogP contribution < -0.4 is 5.73 Å². The molecule has 102 valence electrons. The van der Waals surface area contributed by atoms with Crippen LogP contribution in [0.2, 0.25) is 0 Å². The number of primary amides is 1. The van der Waals surface area contributed by atoms with Crippen molar-refractivity contribution in [1.29, 1.82) is 0 Å². The molecule has 1 amide bonds. The van der Waals surface area contributed by atoms with Crippen molar-refractivity contribution in [2.75, 3.05) is 21.2 Å². The molecule has 7 nitrogen and oxygen atoms in total. The van der Waals surface area contributed by atoms with E-state index in [1.54, 1.807) is 0 Å². The molecule has 0 saturated carbocycles. The first-order chi connectivity index (χ1) is 7.56. The van der Waals surface area contributed by atoms with Crippen LogP contribution in [-0.2, 0) is 19.4 Å². The average Bonchev–Trinajstić information content (AvgIpc) is 2.17. The third-order valence-electron chi connectivity index (χ3n) is 1.94.